The lowest BCUT2D eigenvalue weighted by Gasteiger charge is -2.35. The third kappa shape index (κ3) is 8.75. The first-order chi connectivity index (χ1) is 16.7. The van der Waals surface area contributed by atoms with E-state index in [1.165, 1.54) is 6.07 Å². The number of halogens is 9. The predicted molar refractivity (Wildman–Crippen MR) is 105 cm³/mol. The van der Waals surface area contributed by atoms with E-state index in [1.54, 1.807) is 4.90 Å². The number of aliphatic carboxylic acids is 1. The molecule has 8 nitrogen and oxygen atoms in total. The zero-order valence-electron chi connectivity index (χ0n) is 19.1. The van der Waals surface area contributed by atoms with Gasteiger partial charge in [-0.1, -0.05) is 6.07 Å². The van der Waals surface area contributed by atoms with Crippen molar-refractivity contribution in [1.82, 2.24) is 9.80 Å². The van der Waals surface area contributed by atoms with E-state index < -0.39 is 48.2 Å². The van der Waals surface area contributed by atoms with Crippen LogP contribution >= 0.6 is 0 Å². The molecule has 1 aliphatic rings. The molecule has 17 heteroatoms. The number of alkyl halides is 9. The van der Waals surface area contributed by atoms with Crippen molar-refractivity contribution in [3.8, 4) is 11.5 Å². The van der Waals surface area contributed by atoms with Crippen molar-refractivity contribution in [3.63, 3.8) is 0 Å². The van der Waals surface area contributed by atoms with Gasteiger partial charge in [0.2, 0.25) is 0 Å². The van der Waals surface area contributed by atoms with Crippen LogP contribution in [0, 0.1) is 0 Å². The van der Waals surface area contributed by atoms with Crippen LogP contribution in [0.15, 0.2) is 18.2 Å². The van der Waals surface area contributed by atoms with Crippen molar-refractivity contribution in [2.75, 3.05) is 26.2 Å². The maximum absolute atomic E-state index is 12.6. The van der Waals surface area contributed by atoms with E-state index in [1.807, 2.05) is 0 Å². The molecule has 1 saturated heterocycles. The number of nitrogens with zero attached hydrogens (tertiary/aromatic N) is 2. The second kappa shape index (κ2) is 10.7. The average molecular weight is 556 g/mol. The fourth-order valence-electron chi connectivity index (χ4n) is 3.10. The molecule has 0 bridgehead atoms. The largest absolute Gasteiger partial charge is 0.573 e. The zero-order valence-corrected chi connectivity index (χ0v) is 19.1. The Morgan fingerprint density at radius 2 is 1.46 bits per heavy atom. The van der Waals surface area contributed by atoms with E-state index in [0.717, 1.165) is 26.0 Å². The maximum atomic E-state index is 12.6. The molecule has 0 atom stereocenters. The molecule has 0 spiro atoms. The predicted octanol–water partition coefficient (Wildman–Crippen LogP) is 4.57. The molecular weight excluding hydrogens is 535 g/mol. The molecular formula is C20H21F9N2O6. The van der Waals surface area contributed by atoms with Crippen molar-refractivity contribution in [1.29, 1.82) is 0 Å². The van der Waals surface area contributed by atoms with Crippen LogP contribution in [0.25, 0.3) is 0 Å². The number of ether oxygens (including phenoxy) is 3. The highest BCUT2D eigenvalue weighted by molar-refractivity contribution is 5.77. The van der Waals surface area contributed by atoms with Gasteiger partial charge in [0.1, 0.15) is 11.5 Å². The van der Waals surface area contributed by atoms with Crippen LogP contribution in [0.4, 0.5) is 44.3 Å². The smallest absolute Gasteiger partial charge is 0.478 e. The standard InChI is InChI=1S/C20H21F9N2O6/c1-17(2,15(32)33)37-13-9-12(36-20(27,28)29)4-3-11(13)10-30-5-7-31(8-6-30)16(34)35-14(18(21,22)23)19(24,25)26/h3-4,9,14H,5-8,10H2,1-2H3,(H,32,33). The quantitative estimate of drug-likeness (QED) is 0.493. The Labute approximate surface area is 203 Å². The number of hydrogen-bond donors (Lipinski definition) is 1. The molecule has 37 heavy (non-hydrogen) atoms. The molecule has 1 heterocycles. The Hall–Kier alpha value is -3.11. The molecule has 1 amide bonds. The van der Waals surface area contributed by atoms with Gasteiger partial charge < -0.3 is 24.2 Å². The first-order valence-corrected chi connectivity index (χ1v) is 10.3. The number of carboxylic acid groups (broad SMARTS) is 1. The Kier molecular flexibility index (Phi) is 8.72. The monoisotopic (exact) mass is 556 g/mol. The Bertz CT molecular complexity index is 957. The van der Waals surface area contributed by atoms with Crippen molar-refractivity contribution >= 4 is 12.1 Å². The topological polar surface area (TPSA) is 88.5 Å². The van der Waals surface area contributed by atoms with E-state index >= 15 is 0 Å². The van der Waals surface area contributed by atoms with Crippen LogP contribution in [-0.4, -0.2) is 83.6 Å². The third-order valence-electron chi connectivity index (χ3n) is 4.99. The summed E-state index contributed by atoms with van der Waals surface area (Å²) in [6, 6.07) is 2.95. The number of carbonyl (C=O) groups excluding carboxylic acids is 1. The maximum Gasteiger partial charge on any atom is 0.573 e. The molecule has 1 aromatic carbocycles. The molecule has 1 fully saturated rings. The molecule has 0 aromatic heterocycles. The summed E-state index contributed by atoms with van der Waals surface area (Å²) in [4.78, 5) is 25.5. The number of rotatable bonds is 7. The lowest BCUT2D eigenvalue weighted by molar-refractivity contribution is -0.308. The van der Waals surface area contributed by atoms with E-state index in [2.05, 4.69) is 9.47 Å². The highest BCUT2D eigenvalue weighted by atomic mass is 19.4. The molecule has 1 aromatic rings. The highest BCUT2D eigenvalue weighted by Crippen LogP contribution is 2.36. The van der Waals surface area contributed by atoms with Gasteiger partial charge in [-0.05, 0) is 19.9 Å². The summed E-state index contributed by atoms with van der Waals surface area (Å²) in [7, 11) is 0. The van der Waals surface area contributed by atoms with Gasteiger partial charge in [-0.3, -0.25) is 4.90 Å². The molecule has 0 saturated carbocycles. The molecule has 0 radical (unpaired) electrons. The summed E-state index contributed by atoms with van der Waals surface area (Å²) in [6.07, 6.45) is -22.9. The number of piperazine rings is 1. The molecule has 0 aliphatic carbocycles. The lowest BCUT2D eigenvalue weighted by atomic mass is 10.1. The summed E-state index contributed by atoms with van der Waals surface area (Å²) in [5.41, 5.74) is -1.66. The third-order valence-corrected chi connectivity index (χ3v) is 4.99. The molecule has 1 aliphatic heterocycles. The van der Waals surface area contributed by atoms with Crippen LogP contribution < -0.4 is 9.47 Å². The second-order valence-electron chi connectivity index (χ2n) is 8.35. The van der Waals surface area contributed by atoms with Crippen LogP contribution in [0.1, 0.15) is 19.4 Å². The summed E-state index contributed by atoms with van der Waals surface area (Å²) in [5.74, 6) is -2.39. The molecule has 1 N–H and O–H groups in total. The first-order valence-electron chi connectivity index (χ1n) is 10.3. The molecule has 210 valence electrons. The number of hydrogen-bond acceptors (Lipinski definition) is 6. The minimum absolute atomic E-state index is 0.0691. The van der Waals surface area contributed by atoms with E-state index in [0.29, 0.717) is 4.90 Å². The highest BCUT2D eigenvalue weighted by Gasteiger charge is 2.60. The summed E-state index contributed by atoms with van der Waals surface area (Å²) < 4.78 is 126. The van der Waals surface area contributed by atoms with E-state index in [4.69, 9.17) is 4.74 Å². The van der Waals surface area contributed by atoms with Crippen molar-refractivity contribution in [2.24, 2.45) is 0 Å². The van der Waals surface area contributed by atoms with Crippen molar-refractivity contribution in [2.45, 2.75) is 50.8 Å². The number of amides is 1. The fourth-order valence-corrected chi connectivity index (χ4v) is 3.10. The van der Waals surface area contributed by atoms with Crippen LogP contribution in [0.2, 0.25) is 0 Å². The van der Waals surface area contributed by atoms with Crippen LogP contribution in [0.3, 0.4) is 0 Å². The Morgan fingerprint density at radius 1 is 0.919 bits per heavy atom. The van der Waals surface area contributed by atoms with Gasteiger partial charge in [0.15, 0.2) is 5.60 Å². The van der Waals surface area contributed by atoms with Gasteiger partial charge in [-0.2, -0.15) is 26.3 Å². The fraction of sp³-hybridized carbons (Fsp3) is 0.600. The minimum atomic E-state index is -5.86. The summed E-state index contributed by atoms with van der Waals surface area (Å²) in [6.45, 7) is 1.43. The number of carboxylic acids is 1. The van der Waals surface area contributed by atoms with Gasteiger partial charge in [-0.25, -0.2) is 9.59 Å². The number of carbonyl (C=O) groups is 2. The van der Waals surface area contributed by atoms with Crippen molar-refractivity contribution < 1.29 is 68.4 Å². The molecule has 2 rings (SSSR count). The van der Waals surface area contributed by atoms with Crippen LogP contribution in [-0.2, 0) is 16.1 Å². The van der Waals surface area contributed by atoms with E-state index in [-0.39, 0.29) is 44.0 Å². The zero-order chi connectivity index (χ0) is 28.4. The first kappa shape index (κ1) is 30.1. The van der Waals surface area contributed by atoms with Gasteiger partial charge in [0, 0.05) is 44.4 Å². The SMILES string of the molecule is CC(C)(Oc1cc(OC(F)(F)F)ccc1CN1CCN(C(=O)OC(C(F)(F)F)C(F)(F)F)CC1)C(=O)O. The summed E-state index contributed by atoms with van der Waals surface area (Å²) >= 11 is 0. The normalized spacial score (nSPS) is 16.1. The lowest BCUT2D eigenvalue weighted by Crippen LogP contribution is -2.52. The molecule has 0 unspecified atom stereocenters. The van der Waals surface area contributed by atoms with Gasteiger partial charge in [0.25, 0.3) is 6.10 Å². The van der Waals surface area contributed by atoms with Crippen molar-refractivity contribution in [3.05, 3.63) is 23.8 Å². The van der Waals surface area contributed by atoms with Gasteiger partial charge in [0.05, 0.1) is 0 Å². The second-order valence-corrected chi connectivity index (χ2v) is 8.35. The van der Waals surface area contributed by atoms with Gasteiger partial charge in [-0.15, -0.1) is 13.2 Å². The van der Waals surface area contributed by atoms with E-state index in [9.17, 15) is 54.2 Å². The average Bonchev–Trinajstić information content (AvgIpc) is 2.71. The Balaban J connectivity index is 2.12. The summed E-state index contributed by atoms with van der Waals surface area (Å²) in [5, 5.41) is 9.28. The number of benzene rings is 1. The van der Waals surface area contributed by atoms with Gasteiger partial charge >= 0.3 is 30.8 Å². The minimum Gasteiger partial charge on any atom is -0.478 e. The van der Waals surface area contributed by atoms with Crippen LogP contribution in [0.5, 0.6) is 11.5 Å². The Morgan fingerprint density at radius 3 is 1.92 bits per heavy atom.